The molecule has 2 aliphatic rings. The van der Waals surface area contributed by atoms with Crippen molar-refractivity contribution in [3.8, 4) is 0 Å². The van der Waals surface area contributed by atoms with Gasteiger partial charge in [0.25, 0.3) is 0 Å². The lowest BCUT2D eigenvalue weighted by Gasteiger charge is -2.42. The van der Waals surface area contributed by atoms with Gasteiger partial charge in [-0.05, 0) is 44.1 Å². The molecule has 0 spiro atoms. The van der Waals surface area contributed by atoms with Crippen molar-refractivity contribution in [2.45, 2.75) is 50.9 Å². The van der Waals surface area contributed by atoms with Gasteiger partial charge in [0.15, 0.2) is 5.96 Å². The minimum atomic E-state index is -0.198. The first-order valence-electron chi connectivity index (χ1n) is 10.00. The highest BCUT2D eigenvalue weighted by Gasteiger charge is 2.38. The van der Waals surface area contributed by atoms with Crippen LogP contribution in [0.2, 0.25) is 0 Å². The third kappa shape index (κ3) is 5.59. The number of primary amides is 1. The van der Waals surface area contributed by atoms with Crippen LogP contribution in [0, 0.1) is 5.92 Å². The number of benzene rings is 1. The van der Waals surface area contributed by atoms with Gasteiger partial charge < -0.3 is 16.0 Å². The molecule has 150 valence electrons. The second-order valence-electron chi connectivity index (χ2n) is 7.79. The maximum Gasteiger partial charge on any atom is 0.217 e. The predicted molar refractivity (Wildman–Crippen MR) is 121 cm³/mol. The molecular formula is C21H33IN4O. The summed E-state index contributed by atoms with van der Waals surface area (Å²) in [6.07, 6.45) is 6.35. The number of guanidine groups is 1. The molecule has 1 aliphatic carbocycles. The van der Waals surface area contributed by atoms with E-state index >= 15 is 0 Å². The molecule has 1 unspecified atom stereocenters. The molecule has 0 aromatic heterocycles. The van der Waals surface area contributed by atoms with Crippen LogP contribution in [0.1, 0.15) is 51.0 Å². The first-order valence-corrected chi connectivity index (χ1v) is 10.00. The normalized spacial score (nSPS) is 21.7. The Morgan fingerprint density at radius 3 is 2.63 bits per heavy atom. The Bertz CT molecular complexity index is 630. The molecule has 1 amide bonds. The number of carbonyl (C=O) groups excluding carboxylic acids is 1. The van der Waals surface area contributed by atoms with E-state index in [1.807, 2.05) is 0 Å². The maximum atomic E-state index is 11.3. The molecule has 0 radical (unpaired) electrons. The first kappa shape index (κ1) is 22.0. The molecule has 1 saturated heterocycles. The third-order valence-electron chi connectivity index (χ3n) is 5.87. The SMILES string of the molecule is CCNC(=NCC1(c2ccccc2)CCC1)N1CCCC(CC(N)=O)C1.I. The Kier molecular flexibility index (Phi) is 8.38. The number of carbonyl (C=O) groups is 1. The van der Waals surface area contributed by atoms with Gasteiger partial charge in [0.05, 0.1) is 6.54 Å². The second kappa shape index (κ2) is 10.3. The number of halogens is 1. The minimum Gasteiger partial charge on any atom is -0.370 e. The summed E-state index contributed by atoms with van der Waals surface area (Å²) >= 11 is 0. The van der Waals surface area contributed by atoms with Crippen molar-refractivity contribution in [2.75, 3.05) is 26.2 Å². The summed E-state index contributed by atoms with van der Waals surface area (Å²) in [5.41, 5.74) is 7.02. The molecule has 1 aromatic rings. The number of amides is 1. The summed E-state index contributed by atoms with van der Waals surface area (Å²) in [5, 5.41) is 3.46. The van der Waals surface area contributed by atoms with Crippen LogP contribution in [0.3, 0.4) is 0 Å². The lowest BCUT2D eigenvalue weighted by molar-refractivity contribution is -0.119. The van der Waals surface area contributed by atoms with Crippen LogP contribution in [0.4, 0.5) is 0 Å². The molecule has 3 rings (SSSR count). The van der Waals surface area contributed by atoms with Gasteiger partial charge in [0.2, 0.25) is 5.91 Å². The Balaban J connectivity index is 0.00000261. The maximum absolute atomic E-state index is 11.3. The largest absolute Gasteiger partial charge is 0.370 e. The zero-order chi connectivity index (χ0) is 18.4. The predicted octanol–water partition coefficient (Wildman–Crippen LogP) is 3.28. The fourth-order valence-electron chi connectivity index (χ4n) is 4.29. The molecular weight excluding hydrogens is 451 g/mol. The van der Waals surface area contributed by atoms with Crippen molar-refractivity contribution in [3.63, 3.8) is 0 Å². The average Bonchev–Trinajstić information content (AvgIpc) is 2.60. The van der Waals surface area contributed by atoms with E-state index in [-0.39, 0.29) is 35.3 Å². The Hall–Kier alpha value is -1.31. The minimum absolute atomic E-state index is 0. The lowest BCUT2D eigenvalue weighted by atomic mass is 9.64. The zero-order valence-electron chi connectivity index (χ0n) is 16.3. The molecule has 5 nitrogen and oxygen atoms in total. The molecule has 1 heterocycles. The van der Waals surface area contributed by atoms with E-state index in [1.54, 1.807) is 0 Å². The van der Waals surface area contributed by atoms with E-state index in [4.69, 9.17) is 10.7 Å². The zero-order valence-corrected chi connectivity index (χ0v) is 18.7. The van der Waals surface area contributed by atoms with Gasteiger partial charge in [-0.1, -0.05) is 36.8 Å². The number of nitrogens with zero attached hydrogens (tertiary/aromatic N) is 2. The van der Waals surface area contributed by atoms with Gasteiger partial charge in [-0.25, -0.2) is 0 Å². The number of likely N-dealkylation sites (tertiary alicyclic amines) is 1. The monoisotopic (exact) mass is 484 g/mol. The van der Waals surface area contributed by atoms with Crippen molar-refractivity contribution in [1.29, 1.82) is 0 Å². The first-order chi connectivity index (χ1) is 12.6. The van der Waals surface area contributed by atoms with Crippen molar-refractivity contribution >= 4 is 35.8 Å². The van der Waals surface area contributed by atoms with Crippen LogP contribution in [0.25, 0.3) is 0 Å². The van der Waals surface area contributed by atoms with E-state index in [9.17, 15) is 4.79 Å². The Labute approximate surface area is 180 Å². The van der Waals surface area contributed by atoms with Gasteiger partial charge in [0, 0.05) is 31.5 Å². The highest BCUT2D eigenvalue weighted by atomic mass is 127. The molecule has 1 aliphatic heterocycles. The number of hydrogen-bond acceptors (Lipinski definition) is 2. The molecule has 0 bridgehead atoms. The van der Waals surface area contributed by atoms with Crippen molar-refractivity contribution in [3.05, 3.63) is 35.9 Å². The molecule has 1 atom stereocenters. The standard InChI is InChI=1S/C21H32N4O.HI/c1-2-23-20(25-13-6-8-17(15-25)14-19(22)26)24-16-21(11-7-12-21)18-9-4-3-5-10-18;/h3-5,9-10,17H,2,6-8,11-16H2,1H3,(H2,22,26)(H,23,24);1H. The van der Waals surface area contributed by atoms with Crippen LogP contribution < -0.4 is 11.1 Å². The fraction of sp³-hybridized carbons (Fsp3) is 0.619. The van der Waals surface area contributed by atoms with E-state index in [0.717, 1.165) is 45.0 Å². The number of nitrogens with two attached hydrogens (primary N) is 1. The molecule has 2 fully saturated rings. The van der Waals surface area contributed by atoms with Crippen LogP contribution in [-0.4, -0.2) is 42.9 Å². The summed E-state index contributed by atoms with van der Waals surface area (Å²) in [6.45, 7) is 5.66. The van der Waals surface area contributed by atoms with Crippen molar-refractivity contribution in [1.82, 2.24) is 10.2 Å². The van der Waals surface area contributed by atoms with Crippen LogP contribution >= 0.6 is 24.0 Å². The van der Waals surface area contributed by atoms with Gasteiger partial charge in [-0.15, -0.1) is 24.0 Å². The molecule has 1 aromatic carbocycles. The van der Waals surface area contributed by atoms with Crippen LogP contribution in [-0.2, 0) is 10.2 Å². The van der Waals surface area contributed by atoms with E-state index in [0.29, 0.717) is 12.3 Å². The van der Waals surface area contributed by atoms with Crippen molar-refractivity contribution < 1.29 is 4.79 Å². The van der Waals surface area contributed by atoms with E-state index in [2.05, 4.69) is 47.5 Å². The quantitative estimate of drug-likeness (QED) is 0.370. The summed E-state index contributed by atoms with van der Waals surface area (Å²) in [4.78, 5) is 18.6. The molecule has 1 saturated carbocycles. The smallest absolute Gasteiger partial charge is 0.217 e. The average molecular weight is 484 g/mol. The van der Waals surface area contributed by atoms with Gasteiger partial charge in [0.1, 0.15) is 0 Å². The highest BCUT2D eigenvalue weighted by Crippen LogP contribution is 2.43. The number of nitrogens with one attached hydrogen (secondary N) is 1. The number of aliphatic imine (C=N–C) groups is 1. The number of rotatable bonds is 6. The summed E-state index contributed by atoms with van der Waals surface area (Å²) in [5.74, 6) is 1.14. The van der Waals surface area contributed by atoms with Crippen LogP contribution in [0.5, 0.6) is 0 Å². The van der Waals surface area contributed by atoms with E-state index in [1.165, 1.54) is 24.8 Å². The van der Waals surface area contributed by atoms with Gasteiger partial charge in [-0.3, -0.25) is 9.79 Å². The molecule has 3 N–H and O–H groups in total. The summed E-state index contributed by atoms with van der Waals surface area (Å²) < 4.78 is 0. The lowest BCUT2D eigenvalue weighted by Crippen LogP contribution is -2.48. The Morgan fingerprint density at radius 1 is 1.30 bits per heavy atom. The summed E-state index contributed by atoms with van der Waals surface area (Å²) in [7, 11) is 0. The van der Waals surface area contributed by atoms with Crippen molar-refractivity contribution in [2.24, 2.45) is 16.6 Å². The fourth-order valence-corrected chi connectivity index (χ4v) is 4.29. The summed E-state index contributed by atoms with van der Waals surface area (Å²) in [6, 6.07) is 10.8. The third-order valence-corrected chi connectivity index (χ3v) is 5.87. The van der Waals surface area contributed by atoms with E-state index < -0.39 is 0 Å². The van der Waals surface area contributed by atoms with Gasteiger partial charge >= 0.3 is 0 Å². The highest BCUT2D eigenvalue weighted by molar-refractivity contribution is 14.0. The topological polar surface area (TPSA) is 70.7 Å². The second-order valence-corrected chi connectivity index (χ2v) is 7.79. The molecule has 6 heteroatoms. The van der Waals surface area contributed by atoms with Crippen LogP contribution in [0.15, 0.2) is 35.3 Å². The van der Waals surface area contributed by atoms with Gasteiger partial charge in [-0.2, -0.15) is 0 Å². The number of piperidine rings is 1. The number of hydrogen-bond donors (Lipinski definition) is 2. The Morgan fingerprint density at radius 2 is 2.04 bits per heavy atom. The molecule has 27 heavy (non-hydrogen) atoms.